The average Bonchev–Trinajstić information content (AvgIpc) is 2.92. The summed E-state index contributed by atoms with van der Waals surface area (Å²) in [6, 6.07) is 31.6. The number of carbonyl (C=O) groups is 3. The summed E-state index contributed by atoms with van der Waals surface area (Å²) in [7, 11) is 0. The summed E-state index contributed by atoms with van der Waals surface area (Å²) in [6.45, 7) is 2.35. The first-order valence-electron chi connectivity index (χ1n) is 11.8. The van der Waals surface area contributed by atoms with Gasteiger partial charge in [0.25, 0.3) is 11.8 Å². The molecule has 4 aromatic rings. The number of benzene rings is 4. The van der Waals surface area contributed by atoms with Gasteiger partial charge >= 0.3 is 6.03 Å². The summed E-state index contributed by atoms with van der Waals surface area (Å²) in [5, 5.41) is 0. The van der Waals surface area contributed by atoms with Crippen LogP contribution in [-0.4, -0.2) is 17.8 Å². The molecule has 0 spiro atoms. The summed E-state index contributed by atoms with van der Waals surface area (Å²) in [5.74, 6) is -0.867. The Balaban J connectivity index is 1.55. The van der Waals surface area contributed by atoms with E-state index < -0.39 is 17.8 Å². The van der Waals surface area contributed by atoms with Gasteiger partial charge in [0, 0.05) is 5.56 Å². The highest BCUT2D eigenvalue weighted by molar-refractivity contribution is 6.46. The van der Waals surface area contributed by atoms with E-state index in [0.717, 1.165) is 20.9 Å². The Bertz CT molecular complexity index is 1420. The van der Waals surface area contributed by atoms with Gasteiger partial charge in [0.05, 0.1) is 11.4 Å². The smallest absolute Gasteiger partial charge is 0.343 e. The quantitative estimate of drug-likeness (QED) is 0.241. The first-order chi connectivity index (χ1) is 18.0. The molecular formula is C31H24N2O4. The van der Waals surface area contributed by atoms with Crippen LogP contribution < -0.4 is 14.5 Å². The fourth-order valence-corrected chi connectivity index (χ4v) is 4.07. The van der Waals surface area contributed by atoms with E-state index in [4.69, 9.17) is 4.74 Å². The summed E-state index contributed by atoms with van der Waals surface area (Å²) in [6.07, 6.45) is 1.49. The number of para-hydroxylation sites is 3. The van der Waals surface area contributed by atoms with Gasteiger partial charge in [-0.1, -0.05) is 84.4 Å². The molecule has 1 aliphatic heterocycles. The molecule has 1 heterocycles. The van der Waals surface area contributed by atoms with Gasteiger partial charge in [0.15, 0.2) is 0 Å². The Kier molecular flexibility index (Phi) is 6.64. The molecule has 1 aliphatic rings. The van der Waals surface area contributed by atoms with Crippen molar-refractivity contribution in [2.75, 3.05) is 9.80 Å². The molecule has 1 fully saturated rings. The van der Waals surface area contributed by atoms with Crippen LogP contribution in [0.15, 0.2) is 115 Å². The maximum Gasteiger partial charge on any atom is 0.343 e. The number of anilines is 2. The third-order valence-electron chi connectivity index (χ3n) is 6.01. The lowest BCUT2D eigenvalue weighted by Gasteiger charge is -2.34. The Morgan fingerprint density at radius 2 is 1.16 bits per heavy atom. The van der Waals surface area contributed by atoms with E-state index in [1.54, 1.807) is 78.9 Å². The predicted molar refractivity (Wildman–Crippen MR) is 143 cm³/mol. The van der Waals surface area contributed by atoms with Crippen LogP contribution in [0.2, 0.25) is 0 Å². The molecule has 0 radical (unpaired) electrons. The SMILES string of the molecule is Cc1ccc(COc2ccccc2C=C2C(=O)N(c3ccccc3)C(=O)N(c3ccccc3)C2=O)cc1. The third-order valence-corrected chi connectivity index (χ3v) is 6.01. The van der Waals surface area contributed by atoms with Crippen LogP contribution >= 0.6 is 0 Å². The van der Waals surface area contributed by atoms with Crippen LogP contribution in [0, 0.1) is 6.92 Å². The fraction of sp³-hybridized carbons (Fsp3) is 0.0645. The summed E-state index contributed by atoms with van der Waals surface area (Å²) < 4.78 is 6.06. The van der Waals surface area contributed by atoms with Crippen LogP contribution in [-0.2, 0) is 16.2 Å². The second-order valence-electron chi connectivity index (χ2n) is 8.60. The first-order valence-corrected chi connectivity index (χ1v) is 11.8. The number of urea groups is 1. The Morgan fingerprint density at radius 3 is 1.73 bits per heavy atom. The van der Waals surface area contributed by atoms with Crippen LogP contribution in [0.3, 0.4) is 0 Å². The highest BCUT2D eigenvalue weighted by atomic mass is 16.5. The van der Waals surface area contributed by atoms with Gasteiger partial charge in [-0.05, 0) is 48.9 Å². The molecule has 0 N–H and O–H groups in total. The molecule has 5 rings (SSSR count). The van der Waals surface area contributed by atoms with E-state index >= 15 is 0 Å². The molecule has 0 unspecified atom stereocenters. The highest BCUT2D eigenvalue weighted by Gasteiger charge is 2.43. The van der Waals surface area contributed by atoms with Crippen LogP contribution in [0.5, 0.6) is 5.75 Å². The third kappa shape index (κ3) is 4.90. The second-order valence-corrected chi connectivity index (χ2v) is 8.60. The van der Waals surface area contributed by atoms with Crippen LogP contribution in [0.4, 0.5) is 16.2 Å². The van der Waals surface area contributed by atoms with E-state index in [9.17, 15) is 14.4 Å². The number of barbiturate groups is 1. The maximum absolute atomic E-state index is 13.6. The number of carbonyl (C=O) groups excluding carboxylic acids is 3. The second kappa shape index (κ2) is 10.3. The van der Waals surface area contributed by atoms with Crippen molar-refractivity contribution < 1.29 is 19.1 Å². The monoisotopic (exact) mass is 488 g/mol. The molecular weight excluding hydrogens is 464 g/mol. The van der Waals surface area contributed by atoms with E-state index in [2.05, 4.69) is 0 Å². The fourth-order valence-electron chi connectivity index (χ4n) is 4.07. The Hall–Kier alpha value is -4.97. The number of hydrogen-bond donors (Lipinski definition) is 0. The molecule has 0 saturated carbocycles. The number of ether oxygens (including phenoxy) is 1. The first kappa shape index (κ1) is 23.8. The minimum absolute atomic E-state index is 0.140. The molecule has 4 amide bonds. The van der Waals surface area contributed by atoms with E-state index in [-0.39, 0.29) is 5.57 Å². The number of hydrogen-bond acceptors (Lipinski definition) is 4. The molecule has 0 aromatic heterocycles. The van der Waals surface area contributed by atoms with E-state index in [1.165, 1.54) is 6.08 Å². The van der Waals surface area contributed by atoms with Gasteiger partial charge in [0.2, 0.25) is 0 Å². The zero-order valence-electron chi connectivity index (χ0n) is 20.2. The topological polar surface area (TPSA) is 66.9 Å². The molecule has 6 heteroatoms. The lowest BCUT2D eigenvalue weighted by atomic mass is 10.0. The average molecular weight is 489 g/mol. The molecule has 4 aromatic carbocycles. The van der Waals surface area contributed by atoms with Crippen molar-refractivity contribution in [2.24, 2.45) is 0 Å². The number of amides is 4. The van der Waals surface area contributed by atoms with Crippen molar-refractivity contribution in [3.63, 3.8) is 0 Å². The predicted octanol–water partition coefficient (Wildman–Crippen LogP) is 6.16. The number of rotatable bonds is 6. The summed E-state index contributed by atoms with van der Waals surface area (Å²) in [5.41, 5.74) is 3.32. The molecule has 37 heavy (non-hydrogen) atoms. The Labute approximate surface area is 215 Å². The van der Waals surface area contributed by atoms with Gasteiger partial charge in [-0.25, -0.2) is 14.6 Å². The number of nitrogens with zero attached hydrogens (tertiary/aromatic N) is 2. The summed E-state index contributed by atoms with van der Waals surface area (Å²) in [4.78, 5) is 42.7. The maximum atomic E-state index is 13.6. The Morgan fingerprint density at radius 1 is 0.649 bits per heavy atom. The lowest BCUT2D eigenvalue weighted by Crippen LogP contribution is -2.57. The molecule has 0 atom stereocenters. The summed E-state index contributed by atoms with van der Waals surface area (Å²) >= 11 is 0. The van der Waals surface area contributed by atoms with Crippen molar-refractivity contribution in [3.8, 4) is 5.75 Å². The minimum Gasteiger partial charge on any atom is -0.488 e. The standard InChI is InChI=1S/C31H24N2O4/c1-22-16-18-23(19-17-22)21-37-28-15-9-8-10-24(28)20-27-29(34)32(25-11-4-2-5-12-25)31(36)33(30(27)35)26-13-6-3-7-14-26/h2-20H,21H2,1H3. The molecule has 6 nitrogen and oxygen atoms in total. The molecule has 0 aliphatic carbocycles. The van der Waals surface area contributed by atoms with Crippen molar-refractivity contribution >= 4 is 35.3 Å². The van der Waals surface area contributed by atoms with Gasteiger partial charge in [-0.15, -0.1) is 0 Å². The zero-order valence-corrected chi connectivity index (χ0v) is 20.2. The van der Waals surface area contributed by atoms with Crippen molar-refractivity contribution in [1.29, 1.82) is 0 Å². The molecule has 0 bridgehead atoms. The van der Waals surface area contributed by atoms with Gasteiger partial charge in [-0.3, -0.25) is 9.59 Å². The normalized spacial score (nSPS) is 13.6. The van der Waals surface area contributed by atoms with Crippen LogP contribution in [0.1, 0.15) is 16.7 Å². The molecule has 182 valence electrons. The van der Waals surface area contributed by atoms with Crippen molar-refractivity contribution in [2.45, 2.75) is 13.5 Å². The number of aryl methyl sites for hydroxylation is 1. The largest absolute Gasteiger partial charge is 0.488 e. The van der Waals surface area contributed by atoms with Gasteiger partial charge in [-0.2, -0.15) is 0 Å². The van der Waals surface area contributed by atoms with Crippen LogP contribution in [0.25, 0.3) is 6.08 Å². The van der Waals surface area contributed by atoms with E-state index in [0.29, 0.717) is 29.3 Å². The van der Waals surface area contributed by atoms with Crippen molar-refractivity contribution in [3.05, 3.63) is 131 Å². The number of imide groups is 2. The van der Waals surface area contributed by atoms with Gasteiger partial charge < -0.3 is 4.74 Å². The zero-order chi connectivity index (χ0) is 25.8. The minimum atomic E-state index is -0.728. The lowest BCUT2D eigenvalue weighted by molar-refractivity contribution is -0.121. The van der Waals surface area contributed by atoms with E-state index in [1.807, 2.05) is 37.3 Å². The highest BCUT2D eigenvalue weighted by Crippen LogP contribution is 2.31. The van der Waals surface area contributed by atoms with Crippen molar-refractivity contribution in [1.82, 2.24) is 0 Å². The van der Waals surface area contributed by atoms with Gasteiger partial charge in [0.1, 0.15) is 17.9 Å². The molecule has 1 saturated heterocycles.